The normalized spacial score (nSPS) is 13.8. The molecule has 1 N–H and O–H groups in total. The Kier molecular flexibility index (Phi) is 6.83. The molecule has 0 aliphatic heterocycles. The molecule has 6 heteroatoms. The number of amides is 1. The lowest BCUT2D eigenvalue weighted by molar-refractivity contribution is -0.115. The number of nitriles is 1. The van der Waals surface area contributed by atoms with E-state index in [0.29, 0.717) is 28.5 Å². The van der Waals surface area contributed by atoms with Gasteiger partial charge in [-0.2, -0.15) is 5.26 Å². The van der Waals surface area contributed by atoms with Gasteiger partial charge >= 0.3 is 0 Å². The van der Waals surface area contributed by atoms with E-state index in [1.807, 2.05) is 6.07 Å². The van der Waals surface area contributed by atoms with Crippen LogP contribution in [-0.4, -0.2) is 16.6 Å². The van der Waals surface area contributed by atoms with Gasteiger partial charge in [-0.05, 0) is 61.6 Å². The molecule has 0 bridgehead atoms. The molecule has 0 unspecified atom stereocenters. The molecular weight excluding hydrogens is 361 g/mol. The van der Waals surface area contributed by atoms with Gasteiger partial charge in [-0.25, -0.2) is 9.37 Å². The molecule has 2 aromatic rings. The maximum Gasteiger partial charge on any atom is 0.225 e. The number of anilines is 1. The van der Waals surface area contributed by atoms with E-state index in [9.17, 15) is 14.4 Å². The maximum absolute atomic E-state index is 12.9. The molecule has 0 atom stereocenters. The number of fused-ring (bicyclic) bond motifs is 1. The van der Waals surface area contributed by atoms with E-state index in [4.69, 9.17) is 4.98 Å². The summed E-state index contributed by atoms with van der Waals surface area (Å²) < 4.78 is 12.9. The van der Waals surface area contributed by atoms with Crippen LogP contribution in [0.15, 0.2) is 35.4 Å². The minimum Gasteiger partial charge on any atom is -0.326 e. The van der Waals surface area contributed by atoms with Crippen molar-refractivity contribution < 1.29 is 9.18 Å². The summed E-state index contributed by atoms with van der Waals surface area (Å²) in [6, 6.07) is 9.91. The molecule has 4 nitrogen and oxygen atoms in total. The second kappa shape index (κ2) is 9.52. The molecule has 27 heavy (non-hydrogen) atoms. The SMILES string of the molecule is N#Cc1cc2c(nc1SCCC(=O)Nc1ccc(F)cc1)CCCCCC2. The summed E-state index contributed by atoms with van der Waals surface area (Å²) >= 11 is 1.44. The molecule has 0 saturated carbocycles. The van der Waals surface area contributed by atoms with E-state index < -0.39 is 0 Å². The second-order valence-corrected chi connectivity index (χ2v) is 7.71. The summed E-state index contributed by atoms with van der Waals surface area (Å²) in [5, 5.41) is 12.9. The van der Waals surface area contributed by atoms with E-state index in [2.05, 4.69) is 11.4 Å². The number of aryl methyl sites for hydroxylation is 2. The summed E-state index contributed by atoms with van der Waals surface area (Å²) in [6.45, 7) is 0. The maximum atomic E-state index is 12.9. The second-order valence-electron chi connectivity index (χ2n) is 6.63. The van der Waals surface area contributed by atoms with Crippen molar-refractivity contribution in [1.82, 2.24) is 4.98 Å². The van der Waals surface area contributed by atoms with Gasteiger partial charge in [-0.15, -0.1) is 11.8 Å². The lowest BCUT2D eigenvalue weighted by Gasteiger charge is -2.15. The molecule has 0 saturated heterocycles. The minimum absolute atomic E-state index is 0.140. The van der Waals surface area contributed by atoms with Crippen LogP contribution in [0, 0.1) is 17.1 Å². The summed E-state index contributed by atoms with van der Waals surface area (Å²) in [5.41, 5.74) is 3.47. The van der Waals surface area contributed by atoms with Crippen LogP contribution in [-0.2, 0) is 17.6 Å². The number of carbonyl (C=O) groups excluding carboxylic acids is 1. The van der Waals surface area contributed by atoms with Crippen molar-refractivity contribution in [2.24, 2.45) is 0 Å². The number of aromatic nitrogens is 1. The lowest BCUT2D eigenvalue weighted by atomic mass is 9.96. The third-order valence-corrected chi connectivity index (χ3v) is 5.58. The van der Waals surface area contributed by atoms with Gasteiger partial charge in [-0.1, -0.05) is 12.8 Å². The van der Waals surface area contributed by atoms with Crippen LogP contribution < -0.4 is 5.32 Å². The fourth-order valence-corrected chi connectivity index (χ4v) is 4.07. The number of benzene rings is 1. The summed E-state index contributed by atoms with van der Waals surface area (Å²) in [7, 11) is 0. The highest BCUT2D eigenvalue weighted by Crippen LogP contribution is 2.27. The zero-order chi connectivity index (χ0) is 19.1. The largest absolute Gasteiger partial charge is 0.326 e. The van der Waals surface area contributed by atoms with Crippen LogP contribution in [0.4, 0.5) is 10.1 Å². The molecule has 1 aliphatic rings. The quantitative estimate of drug-likeness (QED) is 0.748. The molecule has 140 valence electrons. The van der Waals surface area contributed by atoms with Crippen LogP contribution in [0.5, 0.6) is 0 Å². The highest BCUT2D eigenvalue weighted by atomic mass is 32.2. The van der Waals surface area contributed by atoms with Crippen molar-refractivity contribution >= 4 is 23.4 Å². The Morgan fingerprint density at radius 2 is 1.93 bits per heavy atom. The number of rotatable bonds is 5. The summed E-state index contributed by atoms with van der Waals surface area (Å²) in [5.74, 6) is 0.0597. The van der Waals surface area contributed by atoms with Gasteiger partial charge in [0.2, 0.25) is 5.91 Å². The number of nitrogens with zero attached hydrogens (tertiary/aromatic N) is 2. The highest BCUT2D eigenvalue weighted by Gasteiger charge is 2.14. The molecular formula is C21H22FN3OS. The first kappa shape index (κ1) is 19.4. The Labute approximate surface area is 163 Å². The smallest absolute Gasteiger partial charge is 0.225 e. The van der Waals surface area contributed by atoms with E-state index >= 15 is 0 Å². The van der Waals surface area contributed by atoms with Crippen LogP contribution in [0.1, 0.15) is 48.9 Å². The average molecular weight is 383 g/mol. The van der Waals surface area contributed by atoms with Crippen molar-refractivity contribution in [1.29, 1.82) is 5.26 Å². The Morgan fingerprint density at radius 1 is 1.19 bits per heavy atom. The number of carbonyl (C=O) groups is 1. The predicted molar refractivity (Wildman–Crippen MR) is 105 cm³/mol. The van der Waals surface area contributed by atoms with E-state index in [0.717, 1.165) is 31.4 Å². The third-order valence-electron chi connectivity index (χ3n) is 4.58. The van der Waals surface area contributed by atoms with Crippen LogP contribution in [0.25, 0.3) is 0 Å². The summed E-state index contributed by atoms with van der Waals surface area (Å²) in [4.78, 5) is 16.8. The average Bonchev–Trinajstić information content (AvgIpc) is 2.64. The molecule has 3 rings (SSSR count). The van der Waals surface area contributed by atoms with Crippen molar-refractivity contribution in [3.8, 4) is 6.07 Å². The van der Waals surface area contributed by atoms with Gasteiger partial charge in [0.15, 0.2) is 0 Å². The molecule has 1 heterocycles. The Morgan fingerprint density at radius 3 is 2.67 bits per heavy atom. The molecule has 0 fully saturated rings. The lowest BCUT2D eigenvalue weighted by Crippen LogP contribution is -2.12. The first-order valence-corrected chi connectivity index (χ1v) is 10.3. The third kappa shape index (κ3) is 5.54. The standard InChI is InChI=1S/C21H22FN3OS/c22-17-7-9-18(10-8-17)24-20(26)11-12-27-21-16(14-23)13-15-5-3-1-2-4-6-19(15)25-21/h7-10,13H,1-6,11-12H2,(H,24,26). The van der Waals surface area contributed by atoms with Crippen molar-refractivity contribution in [3.63, 3.8) is 0 Å². The number of pyridine rings is 1. The van der Waals surface area contributed by atoms with Crippen molar-refractivity contribution in [3.05, 3.63) is 53.0 Å². The zero-order valence-electron chi connectivity index (χ0n) is 15.1. The van der Waals surface area contributed by atoms with Crippen LogP contribution in [0.3, 0.4) is 0 Å². The molecule has 1 amide bonds. The van der Waals surface area contributed by atoms with Crippen molar-refractivity contribution in [2.45, 2.75) is 50.0 Å². The monoisotopic (exact) mass is 383 g/mol. The summed E-state index contributed by atoms with van der Waals surface area (Å²) in [6.07, 6.45) is 6.99. The molecule has 0 radical (unpaired) electrons. The van der Waals surface area contributed by atoms with Crippen LogP contribution in [0.2, 0.25) is 0 Å². The van der Waals surface area contributed by atoms with Gasteiger partial charge in [0, 0.05) is 23.6 Å². The first-order chi connectivity index (χ1) is 13.2. The van der Waals surface area contributed by atoms with Gasteiger partial charge in [0.1, 0.15) is 16.9 Å². The predicted octanol–water partition coefficient (Wildman–Crippen LogP) is 4.87. The topological polar surface area (TPSA) is 65.8 Å². The first-order valence-electron chi connectivity index (χ1n) is 9.27. The van der Waals surface area contributed by atoms with Crippen LogP contribution >= 0.6 is 11.8 Å². The van der Waals surface area contributed by atoms with Crippen molar-refractivity contribution in [2.75, 3.05) is 11.1 Å². The number of halogens is 1. The molecule has 0 spiro atoms. The Balaban J connectivity index is 1.59. The van der Waals surface area contributed by atoms with Gasteiger partial charge < -0.3 is 5.32 Å². The molecule has 1 aliphatic carbocycles. The highest BCUT2D eigenvalue weighted by molar-refractivity contribution is 7.99. The van der Waals surface area contributed by atoms with E-state index in [1.165, 1.54) is 54.4 Å². The Hall–Kier alpha value is -2.39. The van der Waals surface area contributed by atoms with E-state index in [-0.39, 0.29) is 11.7 Å². The van der Waals surface area contributed by atoms with Gasteiger partial charge in [0.05, 0.1) is 5.56 Å². The molecule has 1 aromatic heterocycles. The molecule has 1 aromatic carbocycles. The Bertz CT molecular complexity index is 846. The number of nitrogens with one attached hydrogen (secondary N) is 1. The zero-order valence-corrected chi connectivity index (χ0v) is 15.9. The number of hydrogen-bond acceptors (Lipinski definition) is 4. The number of hydrogen-bond donors (Lipinski definition) is 1. The van der Waals surface area contributed by atoms with E-state index in [1.54, 1.807) is 0 Å². The van der Waals surface area contributed by atoms with Gasteiger partial charge in [0.25, 0.3) is 0 Å². The fourth-order valence-electron chi connectivity index (χ4n) is 3.16. The number of thioether (sulfide) groups is 1. The van der Waals surface area contributed by atoms with Gasteiger partial charge in [-0.3, -0.25) is 4.79 Å². The fraction of sp³-hybridized carbons (Fsp3) is 0.381. The minimum atomic E-state index is -0.336.